The molecule has 1 atom stereocenters. The summed E-state index contributed by atoms with van der Waals surface area (Å²) in [4.78, 5) is 13.9. The second-order valence-corrected chi connectivity index (χ2v) is 5.23. The summed E-state index contributed by atoms with van der Waals surface area (Å²) in [5, 5.41) is 0. The molecule has 0 radical (unpaired) electrons. The molecular formula is C14H21FN2O. The molecule has 0 heterocycles. The van der Waals surface area contributed by atoms with Crippen molar-refractivity contribution in [2.24, 2.45) is 11.1 Å². The van der Waals surface area contributed by atoms with Crippen molar-refractivity contribution >= 4 is 5.91 Å². The Morgan fingerprint density at radius 2 is 1.89 bits per heavy atom. The molecule has 0 aliphatic carbocycles. The predicted octanol–water partition coefficient (Wildman–Crippen LogP) is 2.33. The Labute approximate surface area is 108 Å². The van der Waals surface area contributed by atoms with Gasteiger partial charge in [0.1, 0.15) is 5.82 Å². The molecule has 0 saturated carbocycles. The number of nitrogens with two attached hydrogens (primary N) is 1. The number of carbonyl (C=O) groups excluding carboxylic acids is 1. The lowest BCUT2D eigenvalue weighted by atomic mass is 9.91. The van der Waals surface area contributed by atoms with Crippen LogP contribution >= 0.6 is 0 Å². The summed E-state index contributed by atoms with van der Waals surface area (Å²) in [6.07, 6.45) is 0. The minimum atomic E-state index is -0.580. The molecule has 2 N–H and O–H groups in total. The van der Waals surface area contributed by atoms with Crippen LogP contribution in [0, 0.1) is 11.2 Å². The van der Waals surface area contributed by atoms with Crippen molar-refractivity contribution in [1.82, 2.24) is 4.90 Å². The van der Waals surface area contributed by atoms with E-state index in [1.165, 1.54) is 12.1 Å². The summed E-state index contributed by atoms with van der Waals surface area (Å²) < 4.78 is 12.9. The minimum Gasteiger partial charge on any atom is -0.338 e. The lowest BCUT2D eigenvalue weighted by Gasteiger charge is -2.32. The summed E-state index contributed by atoms with van der Waals surface area (Å²) in [6, 6.07) is 6.08. The number of amides is 1. The van der Waals surface area contributed by atoms with Gasteiger partial charge in [-0.15, -0.1) is 0 Å². The number of rotatable bonds is 4. The molecule has 0 bridgehead atoms. The first-order valence-corrected chi connectivity index (χ1v) is 6.02. The van der Waals surface area contributed by atoms with Crippen LogP contribution in [0.15, 0.2) is 24.3 Å². The number of benzene rings is 1. The lowest BCUT2D eigenvalue weighted by Crippen LogP contribution is -2.43. The van der Waals surface area contributed by atoms with Gasteiger partial charge in [-0.3, -0.25) is 4.79 Å². The molecule has 18 heavy (non-hydrogen) atoms. The molecule has 0 spiro atoms. The first kappa shape index (κ1) is 14.6. The Morgan fingerprint density at radius 3 is 2.33 bits per heavy atom. The van der Waals surface area contributed by atoms with E-state index in [2.05, 4.69) is 0 Å². The highest BCUT2D eigenvalue weighted by atomic mass is 19.1. The van der Waals surface area contributed by atoms with Gasteiger partial charge < -0.3 is 10.6 Å². The fraction of sp³-hybridized carbons (Fsp3) is 0.500. The van der Waals surface area contributed by atoms with E-state index < -0.39 is 5.41 Å². The van der Waals surface area contributed by atoms with E-state index >= 15 is 0 Å². The highest BCUT2D eigenvalue weighted by Crippen LogP contribution is 2.24. The number of halogens is 1. The van der Waals surface area contributed by atoms with Crippen LogP contribution < -0.4 is 5.73 Å². The van der Waals surface area contributed by atoms with E-state index in [-0.39, 0.29) is 17.8 Å². The largest absolute Gasteiger partial charge is 0.338 e. The summed E-state index contributed by atoms with van der Waals surface area (Å²) in [6.45, 7) is 5.86. The normalized spacial score (nSPS) is 13.2. The van der Waals surface area contributed by atoms with Gasteiger partial charge in [-0.05, 0) is 38.5 Å². The van der Waals surface area contributed by atoms with Gasteiger partial charge in [0.05, 0.1) is 11.5 Å². The Morgan fingerprint density at radius 1 is 1.39 bits per heavy atom. The zero-order valence-corrected chi connectivity index (χ0v) is 11.4. The molecule has 1 aromatic rings. The van der Waals surface area contributed by atoms with Crippen LogP contribution in [-0.2, 0) is 4.79 Å². The van der Waals surface area contributed by atoms with E-state index in [4.69, 9.17) is 5.73 Å². The number of carbonyl (C=O) groups is 1. The summed E-state index contributed by atoms with van der Waals surface area (Å²) >= 11 is 0. The smallest absolute Gasteiger partial charge is 0.229 e. The molecule has 4 heteroatoms. The van der Waals surface area contributed by atoms with E-state index in [0.717, 1.165) is 5.56 Å². The Kier molecular flexibility index (Phi) is 4.46. The van der Waals surface area contributed by atoms with Crippen molar-refractivity contribution in [2.45, 2.75) is 26.8 Å². The van der Waals surface area contributed by atoms with Crippen LogP contribution in [-0.4, -0.2) is 24.4 Å². The maximum atomic E-state index is 12.9. The van der Waals surface area contributed by atoms with Gasteiger partial charge in [-0.2, -0.15) is 0 Å². The molecule has 100 valence electrons. The first-order valence-electron chi connectivity index (χ1n) is 6.02. The third-order valence-electron chi connectivity index (χ3n) is 3.34. The number of nitrogens with zero attached hydrogens (tertiary/aromatic N) is 1. The molecule has 1 amide bonds. The summed E-state index contributed by atoms with van der Waals surface area (Å²) in [7, 11) is 1.74. The first-order chi connectivity index (χ1) is 8.29. The standard InChI is InChI=1S/C14H21FN2O/c1-10(11-5-7-12(15)8-6-11)17(4)13(18)14(2,3)9-16/h5-8,10H,9,16H2,1-4H3. The summed E-state index contributed by atoms with van der Waals surface area (Å²) in [5.74, 6) is -0.288. The van der Waals surface area contributed by atoms with Crippen molar-refractivity contribution < 1.29 is 9.18 Å². The van der Waals surface area contributed by atoms with Gasteiger partial charge in [0.15, 0.2) is 0 Å². The van der Waals surface area contributed by atoms with E-state index in [9.17, 15) is 9.18 Å². The third-order valence-corrected chi connectivity index (χ3v) is 3.34. The van der Waals surface area contributed by atoms with Gasteiger partial charge >= 0.3 is 0 Å². The average molecular weight is 252 g/mol. The summed E-state index contributed by atoms with van der Waals surface area (Å²) in [5.41, 5.74) is 5.93. The molecule has 0 aliphatic rings. The molecule has 0 saturated heterocycles. The van der Waals surface area contributed by atoms with Crippen LogP contribution in [0.2, 0.25) is 0 Å². The Bertz CT molecular complexity index is 414. The van der Waals surface area contributed by atoms with Crippen LogP contribution in [0.4, 0.5) is 4.39 Å². The maximum Gasteiger partial charge on any atom is 0.229 e. The topological polar surface area (TPSA) is 46.3 Å². The molecule has 0 aliphatic heterocycles. The Balaban J connectivity index is 2.87. The van der Waals surface area contributed by atoms with Gasteiger partial charge in [0, 0.05) is 13.6 Å². The molecule has 1 unspecified atom stereocenters. The molecule has 1 rings (SSSR count). The van der Waals surface area contributed by atoms with E-state index in [1.807, 2.05) is 20.8 Å². The van der Waals surface area contributed by atoms with Crippen molar-refractivity contribution in [3.63, 3.8) is 0 Å². The fourth-order valence-electron chi connectivity index (χ4n) is 1.71. The molecule has 1 aromatic carbocycles. The van der Waals surface area contributed by atoms with Crippen molar-refractivity contribution in [1.29, 1.82) is 0 Å². The predicted molar refractivity (Wildman–Crippen MR) is 70.4 cm³/mol. The number of hydrogen-bond acceptors (Lipinski definition) is 2. The lowest BCUT2D eigenvalue weighted by molar-refractivity contribution is -0.140. The van der Waals surface area contributed by atoms with Crippen LogP contribution in [0.25, 0.3) is 0 Å². The second-order valence-electron chi connectivity index (χ2n) is 5.23. The molecule has 0 aromatic heterocycles. The van der Waals surface area contributed by atoms with Crippen molar-refractivity contribution in [3.8, 4) is 0 Å². The SMILES string of the molecule is CC(c1ccc(F)cc1)N(C)C(=O)C(C)(C)CN. The second kappa shape index (κ2) is 5.48. The molecule has 3 nitrogen and oxygen atoms in total. The molecular weight excluding hydrogens is 231 g/mol. The van der Waals surface area contributed by atoms with E-state index in [0.29, 0.717) is 6.54 Å². The van der Waals surface area contributed by atoms with Crippen molar-refractivity contribution in [2.75, 3.05) is 13.6 Å². The monoisotopic (exact) mass is 252 g/mol. The van der Waals surface area contributed by atoms with Gasteiger partial charge in [0.25, 0.3) is 0 Å². The van der Waals surface area contributed by atoms with E-state index in [1.54, 1.807) is 24.1 Å². The van der Waals surface area contributed by atoms with Crippen molar-refractivity contribution in [3.05, 3.63) is 35.6 Å². The average Bonchev–Trinajstić information content (AvgIpc) is 2.37. The fourth-order valence-corrected chi connectivity index (χ4v) is 1.71. The zero-order chi connectivity index (χ0) is 13.9. The quantitative estimate of drug-likeness (QED) is 0.894. The maximum absolute atomic E-state index is 12.9. The highest BCUT2D eigenvalue weighted by Gasteiger charge is 2.31. The van der Waals surface area contributed by atoms with Crippen LogP contribution in [0.1, 0.15) is 32.4 Å². The highest BCUT2D eigenvalue weighted by molar-refractivity contribution is 5.82. The Hall–Kier alpha value is -1.42. The zero-order valence-electron chi connectivity index (χ0n) is 11.4. The van der Waals surface area contributed by atoms with Gasteiger partial charge in [-0.1, -0.05) is 12.1 Å². The number of hydrogen-bond donors (Lipinski definition) is 1. The van der Waals surface area contributed by atoms with Gasteiger partial charge in [0.2, 0.25) is 5.91 Å². The van der Waals surface area contributed by atoms with Gasteiger partial charge in [-0.25, -0.2) is 4.39 Å². The van der Waals surface area contributed by atoms with Crippen LogP contribution in [0.3, 0.4) is 0 Å². The van der Waals surface area contributed by atoms with Crippen LogP contribution in [0.5, 0.6) is 0 Å². The third kappa shape index (κ3) is 3.07. The molecule has 0 fully saturated rings. The minimum absolute atomic E-state index is 0.0122.